The van der Waals surface area contributed by atoms with E-state index in [9.17, 15) is 0 Å². The summed E-state index contributed by atoms with van der Waals surface area (Å²) in [7, 11) is 0. The van der Waals surface area contributed by atoms with Gasteiger partial charge in [0.15, 0.2) is 10.8 Å². The van der Waals surface area contributed by atoms with Crippen LogP contribution in [0.25, 0.3) is 10.8 Å². The molecule has 0 aromatic carbocycles. The second kappa shape index (κ2) is 3.94. The predicted octanol–water partition coefficient (Wildman–Crippen LogP) is 2.42. The first-order valence-corrected chi connectivity index (χ1v) is 5.45. The molecule has 74 valence electrons. The fraction of sp³-hybridized carbons (Fsp3) is 0.300. The maximum absolute atomic E-state index is 5.58. The molecule has 2 N–H and O–H groups in total. The minimum atomic E-state index is 0.484. The lowest BCUT2D eigenvalue weighted by atomic mass is 10.4. The summed E-state index contributed by atoms with van der Waals surface area (Å²) in [6.45, 7) is 2.55. The van der Waals surface area contributed by atoms with Gasteiger partial charge in [-0.2, -0.15) is 0 Å². The van der Waals surface area contributed by atoms with Crippen LogP contribution in [0.5, 0.6) is 0 Å². The molecule has 3 nitrogen and oxygen atoms in total. The number of hydrogen-bond donors (Lipinski definition) is 1. The highest BCUT2D eigenvalue weighted by atomic mass is 32.1. The molecule has 0 aliphatic rings. The highest BCUT2D eigenvalue weighted by Gasteiger charge is 2.07. The quantitative estimate of drug-likeness (QED) is 0.842. The number of rotatable bonds is 3. The molecule has 2 aromatic rings. The van der Waals surface area contributed by atoms with Crippen LogP contribution in [-0.2, 0) is 13.0 Å². The Morgan fingerprint density at radius 2 is 2.36 bits per heavy atom. The summed E-state index contributed by atoms with van der Waals surface area (Å²) < 4.78 is 5.58. The number of furan rings is 1. The van der Waals surface area contributed by atoms with E-state index in [0.717, 1.165) is 28.6 Å². The maximum atomic E-state index is 5.58. The van der Waals surface area contributed by atoms with E-state index in [1.54, 1.807) is 11.3 Å². The van der Waals surface area contributed by atoms with Crippen LogP contribution < -0.4 is 5.73 Å². The molecule has 14 heavy (non-hydrogen) atoms. The van der Waals surface area contributed by atoms with E-state index in [0.29, 0.717) is 6.54 Å². The summed E-state index contributed by atoms with van der Waals surface area (Å²) >= 11 is 1.57. The van der Waals surface area contributed by atoms with Gasteiger partial charge in [-0.1, -0.05) is 6.92 Å². The Kier molecular flexibility index (Phi) is 2.65. The molecule has 0 aliphatic heterocycles. The first kappa shape index (κ1) is 9.43. The number of aromatic nitrogens is 1. The number of thiazole rings is 1. The van der Waals surface area contributed by atoms with E-state index in [-0.39, 0.29) is 0 Å². The van der Waals surface area contributed by atoms with Crippen molar-refractivity contribution in [2.45, 2.75) is 19.9 Å². The SMILES string of the molecule is CCc1ccc(-c2nc(CN)cs2)o1. The van der Waals surface area contributed by atoms with Crippen molar-refractivity contribution in [3.05, 3.63) is 29.0 Å². The zero-order valence-electron chi connectivity index (χ0n) is 7.99. The fourth-order valence-corrected chi connectivity index (χ4v) is 1.99. The Morgan fingerprint density at radius 3 is 2.93 bits per heavy atom. The Bertz CT molecular complexity index is 379. The van der Waals surface area contributed by atoms with Crippen LogP contribution in [0.15, 0.2) is 21.9 Å². The minimum Gasteiger partial charge on any atom is -0.459 e. The lowest BCUT2D eigenvalue weighted by molar-refractivity contribution is 0.529. The van der Waals surface area contributed by atoms with Gasteiger partial charge in [0.1, 0.15) is 5.76 Å². The molecule has 0 bridgehead atoms. The van der Waals surface area contributed by atoms with Crippen LogP contribution in [0.1, 0.15) is 18.4 Å². The van der Waals surface area contributed by atoms with E-state index < -0.39 is 0 Å². The van der Waals surface area contributed by atoms with E-state index >= 15 is 0 Å². The lowest BCUT2D eigenvalue weighted by Crippen LogP contribution is -1.95. The molecular formula is C10H12N2OS. The zero-order valence-corrected chi connectivity index (χ0v) is 8.80. The van der Waals surface area contributed by atoms with Crippen molar-refractivity contribution in [1.29, 1.82) is 0 Å². The summed E-state index contributed by atoms with van der Waals surface area (Å²) in [4.78, 5) is 4.35. The van der Waals surface area contributed by atoms with E-state index in [1.165, 1.54) is 0 Å². The standard InChI is InChI=1S/C10H12N2OS/c1-2-8-3-4-9(13-8)10-12-7(5-11)6-14-10/h3-4,6H,2,5,11H2,1H3. The topological polar surface area (TPSA) is 52.0 Å². The first-order chi connectivity index (χ1) is 6.83. The molecule has 4 heteroatoms. The van der Waals surface area contributed by atoms with Crippen molar-refractivity contribution in [1.82, 2.24) is 4.98 Å². The van der Waals surface area contributed by atoms with E-state index in [4.69, 9.17) is 10.2 Å². The van der Waals surface area contributed by atoms with Crippen molar-refractivity contribution in [2.75, 3.05) is 0 Å². The second-order valence-electron chi connectivity index (χ2n) is 2.97. The minimum absolute atomic E-state index is 0.484. The third-order valence-electron chi connectivity index (χ3n) is 1.98. The zero-order chi connectivity index (χ0) is 9.97. The summed E-state index contributed by atoms with van der Waals surface area (Å²) in [6.07, 6.45) is 0.912. The van der Waals surface area contributed by atoms with Gasteiger partial charge in [0.05, 0.1) is 5.69 Å². The Morgan fingerprint density at radius 1 is 1.50 bits per heavy atom. The van der Waals surface area contributed by atoms with Crippen LogP contribution >= 0.6 is 11.3 Å². The monoisotopic (exact) mass is 208 g/mol. The molecule has 0 radical (unpaired) electrons. The highest BCUT2D eigenvalue weighted by Crippen LogP contribution is 2.25. The van der Waals surface area contributed by atoms with Crippen LogP contribution in [0.3, 0.4) is 0 Å². The normalized spacial score (nSPS) is 10.7. The summed E-state index contributed by atoms with van der Waals surface area (Å²) in [5, 5.41) is 2.87. The lowest BCUT2D eigenvalue weighted by Gasteiger charge is -1.89. The first-order valence-electron chi connectivity index (χ1n) is 4.57. The van der Waals surface area contributed by atoms with Crippen LogP contribution in [0.2, 0.25) is 0 Å². The number of nitrogens with zero attached hydrogens (tertiary/aromatic N) is 1. The highest BCUT2D eigenvalue weighted by molar-refractivity contribution is 7.13. The van der Waals surface area contributed by atoms with Crippen molar-refractivity contribution < 1.29 is 4.42 Å². The van der Waals surface area contributed by atoms with E-state index in [2.05, 4.69) is 11.9 Å². The molecule has 0 aliphatic carbocycles. The summed E-state index contributed by atoms with van der Waals surface area (Å²) in [5.74, 6) is 1.83. The third kappa shape index (κ3) is 1.71. The molecule has 0 atom stereocenters. The van der Waals surface area contributed by atoms with Crippen molar-refractivity contribution >= 4 is 11.3 Å². The average molecular weight is 208 g/mol. The van der Waals surface area contributed by atoms with Gasteiger partial charge in [0.25, 0.3) is 0 Å². The average Bonchev–Trinajstić information content (AvgIpc) is 2.86. The smallest absolute Gasteiger partial charge is 0.162 e. The van der Waals surface area contributed by atoms with Gasteiger partial charge < -0.3 is 10.2 Å². The number of nitrogens with two attached hydrogens (primary N) is 1. The predicted molar refractivity (Wildman–Crippen MR) is 57.1 cm³/mol. The Labute approximate surface area is 86.6 Å². The maximum Gasteiger partial charge on any atom is 0.162 e. The molecule has 0 unspecified atom stereocenters. The molecule has 0 fully saturated rings. The molecule has 0 spiro atoms. The van der Waals surface area contributed by atoms with Crippen molar-refractivity contribution in [2.24, 2.45) is 5.73 Å². The largest absolute Gasteiger partial charge is 0.459 e. The van der Waals surface area contributed by atoms with Gasteiger partial charge in [0, 0.05) is 18.3 Å². The summed E-state index contributed by atoms with van der Waals surface area (Å²) in [6, 6.07) is 3.94. The molecular weight excluding hydrogens is 196 g/mol. The van der Waals surface area contributed by atoms with Gasteiger partial charge in [-0.25, -0.2) is 4.98 Å². The van der Waals surface area contributed by atoms with E-state index in [1.807, 2.05) is 17.5 Å². The molecule has 2 rings (SSSR count). The van der Waals surface area contributed by atoms with Gasteiger partial charge in [-0.3, -0.25) is 0 Å². The Balaban J connectivity index is 2.29. The molecule has 2 aromatic heterocycles. The van der Waals surface area contributed by atoms with Crippen LogP contribution in [0, 0.1) is 0 Å². The van der Waals surface area contributed by atoms with Gasteiger partial charge >= 0.3 is 0 Å². The van der Waals surface area contributed by atoms with Crippen molar-refractivity contribution in [3.63, 3.8) is 0 Å². The van der Waals surface area contributed by atoms with Gasteiger partial charge in [-0.15, -0.1) is 11.3 Å². The van der Waals surface area contributed by atoms with Gasteiger partial charge in [-0.05, 0) is 12.1 Å². The Hall–Kier alpha value is -1.13. The van der Waals surface area contributed by atoms with Crippen LogP contribution in [0.4, 0.5) is 0 Å². The van der Waals surface area contributed by atoms with Crippen molar-refractivity contribution in [3.8, 4) is 10.8 Å². The third-order valence-corrected chi connectivity index (χ3v) is 2.89. The fourth-order valence-electron chi connectivity index (χ4n) is 1.20. The van der Waals surface area contributed by atoms with Crippen LogP contribution in [-0.4, -0.2) is 4.98 Å². The molecule has 2 heterocycles. The molecule has 0 saturated heterocycles. The molecule has 0 amide bonds. The molecule has 0 saturated carbocycles. The number of hydrogen-bond acceptors (Lipinski definition) is 4. The second-order valence-corrected chi connectivity index (χ2v) is 3.83. The van der Waals surface area contributed by atoms with Gasteiger partial charge in [0.2, 0.25) is 0 Å². The number of aryl methyl sites for hydroxylation is 1. The summed E-state index contributed by atoms with van der Waals surface area (Å²) in [5.41, 5.74) is 6.40.